The molecule has 0 bridgehead atoms. The monoisotopic (exact) mass is 355 g/mol. The molecule has 0 amide bonds. The molecule has 1 aromatic carbocycles. The Hall–Kier alpha value is -2.14. The first kappa shape index (κ1) is 18.6. The van der Waals surface area contributed by atoms with E-state index in [-0.39, 0.29) is 6.54 Å². The van der Waals surface area contributed by atoms with Crippen molar-refractivity contribution in [1.82, 2.24) is 9.88 Å². The Balaban J connectivity index is 1.79. The maximum atomic E-state index is 11.1. The van der Waals surface area contributed by atoms with Crippen LogP contribution in [0.1, 0.15) is 38.8 Å². The van der Waals surface area contributed by atoms with Gasteiger partial charge in [0.25, 0.3) is 0 Å². The third-order valence-corrected chi connectivity index (χ3v) is 5.32. The van der Waals surface area contributed by atoms with Crippen molar-refractivity contribution in [2.24, 2.45) is 0 Å². The third kappa shape index (κ3) is 4.15. The molecule has 0 atom stereocenters. The van der Waals surface area contributed by atoms with Gasteiger partial charge in [0.2, 0.25) is 0 Å². The molecule has 3 rings (SSSR count). The number of fused-ring (bicyclic) bond motifs is 1. The number of para-hydroxylation sites is 1. The maximum absolute atomic E-state index is 11.1. The fourth-order valence-electron chi connectivity index (χ4n) is 4.00. The third-order valence-electron chi connectivity index (χ3n) is 5.32. The Morgan fingerprint density at radius 1 is 1.27 bits per heavy atom. The molecule has 1 aliphatic rings. The summed E-state index contributed by atoms with van der Waals surface area (Å²) in [5.74, 6) is -0.737. The Kier molecular flexibility index (Phi) is 6.09. The van der Waals surface area contributed by atoms with Gasteiger partial charge in [-0.1, -0.05) is 38.5 Å². The first-order valence-corrected chi connectivity index (χ1v) is 9.71. The number of carboxylic acid groups (broad SMARTS) is 1. The second-order valence-electron chi connectivity index (χ2n) is 7.07. The number of hydrogen-bond donors (Lipinski definition) is 1. The van der Waals surface area contributed by atoms with Gasteiger partial charge in [0.1, 0.15) is 0 Å². The van der Waals surface area contributed by atoms with Crippen molar-refractivity contribution in [3.05, 3.63) is 36.0 Å². The molecule has 26 heavy (non-hydrogen) atoms. The molecule has 1 aromatic heterocycles. The Morgan fingerprint density at radius 2 is 2.00 bits per heavy atom. The largest absolute Gasteiger partial charge is 0.480 e. The summed E-state index contributed by atoms with van der Waals surface area (Å²) in [4.78, 5) is 20.4. The van der Waals surface area contributed by atoms with E-state index in [1.807, 2.05) is 13.0 Å². The van der Waals surface area contributed by atoms with Crippen molar-refractivity contribution in [1.29, 1.82) is 0 Å². The normalized spacial score (nSPS) is 15.7. The van der Waals surface area contributed by atoms with Crippen LogP contribution in [-0.2, 0) is 11.2 Å². The van der Waals surface area contributed by atoms with E-state index in [2.05, 4.69) is 41.0 Å². The highest BCUT2D eigenvalue weighted by Crippen LogP contribution is 2.30. The van der Waals surface area contributed by atoms with Gasteiger partial charge < -0.3 is 10.0 Å². The number of aromatic nitrogens is 1. The molecule has 1 saturated heterocycles. The minimum Gasteiger partial charge on any atom is -0.480 e. The number of piperidine rings is 1. The highest BCUT2D eigenvalue weighted by atomic mass is 16.4. The molecule has 1 fully saturated rings. The molecule has 1 N–H and O–H groups in total. The minimum atomic E-state index is -0.737. The number of likely N-dealkylation sites (N-methyl/N-ethyl adjacent to an activating group) is 1. The average Bonchev–Trinajstić information content (AvgIpc) is 2.66. The lowest BCUT2D eigenvalue weighted by Crippen LogP contribution is -2.46. The summed E-state index contributed by atoms with van der Waals surface area (Å²) < 4.78 is 0. The molecule has 0 spiro atoms. The van der Waals surface area contributed by atoms with E-state index in [1.54, 1.807) is 0 Å². The van der Waals surface area contributed by atoms with Gasteiger partial charge in [-0.2, -0.15) is 0 Å². The van der Waals surface area contributed by atoms with Crippen LogP contribution in [0.3, 0.4) is 0 Å². The topological polar surface area (TPSA) is 56.7 Å². The van der Waals surface area contributed by atoms with Crippen molar-refractivity contribution in [3.63, 3.8) is 0 Å². The summed E-state index contributed by atoms with van der Waals surface area (Å²) in [6.07, 6.45) is 4.09. The Morgan fingerprint density at radius 3 is 2.65 bits per heavy atom. The van der Waals surface area contributed by atoms with Gasteiger partial charge in [-0.05, 0) is 37.9 Å². The van der Waals surface area contributed by atoms with E-state index in [1.165, 1.54) is 11.1 Å². The van der Waals surface area contributed by atoms with E-state index in [4.69, 9.17) is 10.1 Å². The average molecular weight is 355 g/mol. The second kappa shape index (κ2) is 8.49. The van der Waals surface area contributed by atoms with Crippen molar-refractivity contribution < 1.29 is 9.90 Å². The van der Waals surface area contributed by atoms with E-state index in [0.29, 0.717) is 6.04 Å². The number of carboxylic acids is 1. The van der Waals surface area contributed by atoms with E-state index < -0.39 is 5.97 Å². The number of benzene rings is 1. The molecule has 1 aliphatic heterocycles. The summed E-state index contributed by atoms with van der Waals surface area (Å²) in [7, 11) is 0. The standard InChI is InChI=1S/C21H29N3O2/c1-3-7-16-14-20(18-8-5-6-9-19(18)22-16)24-12-10-17(11-13-24)23(4-2)15-21(25)26/h5-6,8-9,14,17H,3-4,7,10-13,15H2,1-2H3,(H,25,26). The second-order valence-corrected chi connectivity index (χ2v) is 7.07. The number of aliphatic carboxylic acids is 1. The summed E-state index contributed by atoms with van der Waals surface area (Å²) in [5, 5.41) is 10.3. The lowest BCUT2D eigenvalue weighted by atomic mass is 10.0. The maximum Gasteiger partial charge on any atom is 0.317 e. The molecule has 5 heteroatoms. The molecule has 0 aliphatic carbocycles. The van der Waals surface area contributed by atoms with E-state index in [0.717, 1.165) is 56.5 Å². The van der Waals surface area contributed by atoms with Crippen LogP contribution in [0.15, 0.2) is 30.3 Å². The molecule has 0 radical (unpaired) electrons. The van der Waals surface area contributed by atoms with Crippen LogP contribution in [0.25, 0.3) is 10.9 Å². The van der Waals surface area contributed by atoms with E-state index in [9.17, 15) is 4.79 Å². The number of rotatable bonds is 7. The Bertz CT molecular complexity index is 754. The predicted octanol–water partition coefficient (Wildman–Crippen LogP) is 3.56. The molecular weight excluding hydrogens is 326 g/mol. The molecule has 5 nitrogen and oxygen atoms in total. The zero-order chi connectivity index (χ0) is 18.5. The summed E-state index contributed by atoms with van der Waals surface area (Å²) in [6.45, 7) is 7.07. The number of aryl methyl sites for hydroxylation is 1. The highest BCUT2D eigenvalue weighted by molar-refractivity contribution is 5.92. The van der Waals surface area contributed by atoms with E-state index >= 15 is 0 Å². The summed E-state index contributed by atoms with van der Waals surface area (Å²) in [5.41, 5.74) is 3.50. The van der Waals surface area contributed by atoms with Gasteiger partial charge in [0.05, 0.1) is 12.1 Å². The molecule has 0 unspecified atom stereocenters. The van der Waals surface area contributed by atoms with Crippen molar-refractivity contribution in [2.75, 3.05) is 31.1 Å². The van der Waals surface area contributed by atoms with Crippen LogP contribution in [-0.4, -0.2) is 53.2 Å². The highest BCUT2D eigenvalue weighted by Gasteiger charge is 2.26. The van der Waals surface area contributed by atoms with Gasteiger partial charge >= 0.3 is 5.97 Å². The van der Waals surface area contributed by atoms with Crippen LogP contribution < -0.4 is 4.90 Å². The lowest BCUT2D eigenvalue weighted by Gasteiger charge is -2.39. The minimum absolute atomic E-state index is 0.139. The van der Waals surface area contributed by atoms with Crippen LogP contribution in [0.4, 0.5) is 5.69 Å². The molecule has 2 heterocycles. The van der Waals surface area contributed by atoms with Crippen LogP contribution >= 0.6 is 0 Å². The van der Waals surface area contributed by atoms with Crippen LogP contribution in [0.5, 0.6) is 0 Å². The van der Waals surface area contributed by atoms with Gasteiger partial charge in [-0.25, -0.2) is 0 Å². The first-order valence-electron chi connectivity index (χ1n) is 9.71. The number of nitrogens with zero attached hydrogens (tertiary/aromatic N) is 3. The molecule has 2 aromatic rings. The van der Waals surface area contributed by atoms with Crippen molar-refractivity contribution in [3.8, 4) is 0 Å². The Labute approximate surface area is 155 Å². The summed E-state index contributed by atoms with van der Waals surface area (Å²) in [6, 6.07) is 11.0. The number of carbonyl (C=O) groups is 1. The zero-order valence-corrected chi connectivity index (χ0v) is 15.8. The van der Waals surface area contributed by atoms with Crippen LogP contribution in [0.2, 0.25) is 0 Å². The van der Waals surface area contributed by atoms with Crippen molar-refractivity contribution >= 4 is 22.6 Å². The van der Waals surface area contributed by atoms with Crippen LogP contribution in [0, 0.1) is 0 Å². The number of anilines is 1. The van der Waals surface area contributed by atoms with Crippen molar-refractivity contribution in [2.45, 2.75) is 45.6 Å². The van der Waals surface area contributed by atoms with Gasteiger partial charge in [-0.15, -0.1) is 0 Å². The fourth-order valence-corrected chi connectivity index (χ4v) is 4.00. The van der Waals surface area contributed by atoms with Gasteiger partial charge in [-0.3, -0.25) is 14.7 Å². The first-order chi connectivity index (χ1) is 12.6. The molecule has 140 valence electrons. The predicted molar refractivity (Wildman–Crippen MR) is 106 cm³/mol. The lowest BCUT2D eigenvalue weighted by molar-refractivity contribution is -0.139. The van der Waals surface area contributed by atoms with Gasteiger partial charge in [0.15, 0.2) is 0 Å². The molecule has 0 saturated carbocycles. The quantitative estimate of drug-likeness (QED) is 0.823. The SMILES string of the molecule is CCCc1cc(N2CCC(N(CC)CC(=O)O)CC2)c2ccccc2n1. The number of pyridine rings is 1. The number of hydrogen-bond acceptors (Lipinski definition) is 4. The summed E-state index contributed by atoms with van der Waals surface area (Å²) >= 11 is 0. The molecular formula is C21H29N3O2. The fraction of sp³-hybridized carbons (Fsp3) is 0.524. The smallest absolute Gasteiger partial charge is 0.317 e. The van der Waals surface area contributed by atoms with Gasteiger partial charge in [0, 0.05) is 35.9 Å². The zero-order valence-electron chi connectivity index (χ0n) is 15.8.